The predicted octanol–water partition coefficient (Wildman–Crippen LogP) is 3.93. The molecule has 0 amide bonds. The molecule has 0 radical (unpaired) electrons. The van der Waals surface area contributed by atoms with Crippen LogP contribution in [0, 0.1) is 13.8 Å². The van der Waals surface area contributed by atoms with E-state index in [1.807, 2.05) is 36.0 Å². The van der Waals surface area contributed by atoms with Crippen LogP contribution in [0.5, 0.6) is 5.75 Å². The molecule has 1 aromatic carbocycles. The van der Waals surface area contributed by atoms with Crippen molar-refractivity contribution in [3.8, 4) is 11.6 Å². The molecule has 0 saturated heterocycles. The minimum absolute atomic E-state index is 0.540. The number of rotatable bonds is 9. The first-order chi connectivity index (χ1) is 15.1. The number of imidazole rings is 1. The van der Waals surface area contributed by atoms with E-state index in [0.717, 1.165) is 47.4 Å². The summed E-state index contributed by atoms with van der Waals surface area (Å²) in [6.45, 7) is 10.9. The van der Waals surface area contributed by atoms with Crippen molar-refractivity contribution in [1.82, 2.24) is 25.2 Å². The second-order valence-corrected chi connectivity index (χ2v) is 7.38. The van der Waals surface area contributed by atoms with Crippen LogP contribution >= 0.6 is 0 Å². The largest absolute Gasteiger partial charge is 0.493 e. The average Bonchev–Trinajstić information content (AvgIpc) is 3.21. The standard InChI is InChI=1S/C24H32N6O/c1-5-13-31-22-14-18(3)7-9-21(22)17-29-24(25-6-2)28-16-20-8-10-23(27-15-20)30-12-11-26-19(30)4/h7-12,14-15H,5-6,13,16-17H2,1-4H3,(H2,25,28,29). The van der Waals surface area contributed by atoms with Crippen LogP contribution in [0.25, 0.3) is 5.82 Å². The molecule has 2 heterocycles. The Balaban J connectivity index is 1.65. The molecular formula is C24H32N6O. The van der Waals surface area contributed by atoms with E-state index in [0.29, 0.717) is 19.7 Å². The zero-order valence-electron chi connectivity index (χ0n) is 18.9. The molecule has 0 atom stereocenters. The van der Waals surface area contributed by atoms with Gasteiger partial charge in [-0.3, -0.25) is 4.57 Å². The van der Waals surface area contributed by atoms with E-state index in [2.05, 4.69) is 59.6 Å². The average molecular weight is 421 g/mol. The van der Waals surface area contributed by atoms with E-state index < -0.39 is 0 Å². The Morgan fingerprint density at radius 2 is 1.97 bits per heavy atom. The third kappa shape index (κ3) is 6.31. The number of hydrogen-bond donors (Lipinski definition) is 2. The normalized spacial score (nSPS) is 11.4. The van der Waals surface area contributed by atoms with Gasteiger partial charge in [0.05, 0.1) is 13.2 Å². The number of benzene rings is 1. The molecule has 0 aliphatic heterocycles. The molecule has 2 aromatic heterocycles. The third-order valence-corrected chi connectivity index (χ3v) is 4.78. The molecule has 164 valence electrons. The summed E-state index contributed by atoms with van der Waals surface area (Å²) in [6, 6.07) is 10.3. The number of ether oxygens (including phenoxy) is 1. The summed E-state index contributed by atoms with van der Waals surface area (Å²) in [5.74, 6) is 3.46. The first-order valence-electron chi connectivity index (χ1n) is 10.8. The van der Waals surface area contributed by atoms with Crippen LogP contribution in [0.3, 0.4) is 0 Å². The summed E-state index contributed by atoms with van der Waals surface area (Å²) in [4.78, 5) is 13.5. The van der Waals surface area contributed by atoms with Crippen LogP contribution in [0.15, 0.2) is 53.9 Å². The van der Waals surface area contributed by atoms with E-state index >= 15 is 0 Å². The zero-order valence-corrected chi connectivity index (χ0v) is 18.9. The van der Waals surface area contributed by atoms with Gasteiger partial charge in [-0.1, -0.05) is 25.1 Å². The van der Waals surface area contributed by atoms with Crippen LogP contribution < -0.4 is 15.4 Å². The van der Waals surface area contributed by atoms with Gasteiger partial charge in [0.25, 0.3) is 0 Å². The molecule has 3 aromatic rings. The zero-order chi connectivity index (χ0) is 22.1. The number of hydrogen-bond acceptors (Lipinski definition) is 4. The molecule has 31 heavy (non-hydrogen) atoms. The highest BCUT2D eigenvalue weighted by Crippen LogP contribution is 2.20. The molecule has 0 fully saturated rings. The van der Waals surface area contributed by atoms with Gasteiger partial charge in [0.15, 0.2) is 5.96 Å². The summed E-state index contributed by atoms with van der Waals surface area (Å²) in [7, 11) is 0. The first kappa shape index (κ1) is 22.3. The van der Waals surface area contributed by atoms with Gasteiger partial charge in [-0.05, 0) is 50.5 Å². The second kappa shape index (κ2) is 11.2. The van der Waals surface area contributed by atoms with Gasteiger partial charge < -0.3 is 15.4 Å². The van der Waals surface area contributed by atoms with Crippen LogP contribution in [-0.2, 0) is 13.1 Å². The van der Waals surface area contributed by atoms with Crippen molar-refractivity contribution in [3.05, 3.63) is 71.4 Å². The van der Waals surface area contributed by atoms with Gasteiger partial charge in [-0.2, -0.15) is 0 Å². The Labute approximate surface area is 184 Å². The van der Waals surface area contributed by atoms with Gasteiger partial charge in [0, 0.05) is 37.2 Å². The maximum absolute atomic E-state index is 5.92. The summed E-state index contributed by atoms with van der Waals surface area (Å²) in [5.41, 5.74) is 3.35. The fourth-order valence-electron chi connectivity index (χ4n) is 3.12. The lowest BCUT2D eigenvalue weighted by atomic mass is 10.1. The van der Waals surface area contributed by atoms with Crippen molar-refractivity contribution in [2.75, 3.05) is 13.2 Å². The van der Waals surface area contributed by atoms with E-state index in [4.69, 9.17) is 9.73 Å². The smallest absolute Gasteiger partial charge is 0.191 e. The van der Waals surface area contributed by atoms with Gasteiger partial charge in [0.1, 0.15) is 17.4 Å². The second-order valence-electron chi connectivity index (χ2n) is 7.38. The quantitative estimate of drug-likeness (QED) is 0.405. The lowest BCUT2D eigenvalue weighted by Gasteiger charge is -2.15. The summed E-state index contributed by atoms with van der Waals surface area (Å²) in [6.07, 6.45) is 6.53. The van der Waals surface area contributed by atoms with Crippen LogP contribution in [-0.4, -0.2) is 33.6 Å². The third-order valence-electron chi connectivity index (χ3n) is 4.78. The molecule has 3 rings (SSSR count). The van der Waals surface area contributed by atoms with Gasteiger partial charge in [-0.15, -0.1) is 0 Å². The van der Waals surface area contributed by atoms with Gasteiger partial charge in [-0.25, -0.2) is 15.0 Å². The molecule has 0 bridgehead atoms. The Morgan fingerprint density at radius 3 is 2.65 bits per heavy atom. The molecule has 0 aliphatic carbocycles. The SMILES string of the molecule is CCCOc1cc(C)ccc1CNC(=NCc1ccc(-n2ccnc2C)nc1)NCC. The molecule has 0 unspecified atom stereocenters. The highest BCUT2D eigenvalue weighted by molar-refractivity contribution is 5.79. The molecule has 7 nitrogen and oxygen atoms in total. The Morgan fingerprint density at radius 1 is 1.10 bits per heavy atom. The maximum atomic E-state index is 5.92. The van der Waals surface area contributed by atoms with E-state index in [1.165, 1.54) is 5.56 Å². The number of nitrogens with one attached hydrogen (secondary N) is 2. The molecule has 7 heteroatoms. The summed E-state index contributed by atoms with van der Waals surface area (Å²) < 4.78 is 7.88. The molecule has 0 spiro atoms. The number of aliphatic imine (C=N–C) groups is 1. The van der Waals surface area contributed by atoms with E-state index in [-0.39, 0.29) is 0 Å². The molecular weight excluding hydrogens is 388 g/mol. The fraction of sp³-hybridized carbons (Fsp3) is 0.375. The lowest BCUT2D eigenvalue weighted by molar-refractivity contribution is 0.313. The number of pyridine rings is 1. The predicted molar refractivity (Wildman–Crippen MR) is 125 cm³/mol. The Bertz CT molecular complexity index is 994. The summed E-state index contributed by atoms with van der Waals surface area (Å²) >= 11 is 0. The lowest BCUT2D eigenvalue weighted by Crippen LogP contribution is -2.36. The van der Waals surface area contributed by atoms with Crippen LogP contribution in [0.2, 0.25) is 0 Å². The molecule has 0 aliphatic rings. The minimum Gasteiger partial charge on any atom is -0.493 e. The summed E-state index contributed by atoms with van der Waals surface area (Å²) in [5, 5.41) is 6.71. The van der Waals surface area contributed by atoms with Gasteiger partial charge in [0.2, 0.25) is 0 Å². The maximum Gasteiger partial charge on any atom is 0.191 e. The van der Waals surface area contributed by atoms with Crippen molar-refractivity contribution in [2.24, 2.45) is 4.99 Å². The highest BCUT2D eigenvalue weighted by atomic mass is 16.5. The van der Waals surface area contributed by atoms with Crippen molar-refractivity contribution in [3.63, 3.8) is 0 Å². The number of aryl methyl sites for hydroxylation is 2. The molecule has 2 N–H and O–H groups in total. The molecule has 0 saturated carbocycles. The van der Waals surface area contributed by atoms with E-state index in [1.54, 1.807) is 6.20 Å². The highest BCUT2D eigenvalue weighted by Gasteiger charge is 2.06. The topological polar surface area (TPSA) is 76.4 Å². The van der Waals surface area contributed by atoms with Crippen molar-refractivity contribution >= 4 is 5.96 Å². The fourth-order valence-corrected chi connectivity index (χ4v) is 3.12. The van der Waals surface area contributed by atoms with Gasteiger partial charge >= 0.3 is 0 Å². The van der Waals surface area contributed by atoms with E-state index in [9.17, 15) is 0 Å². The Hall–Kier alpha value is -3.35. The number of guanidine groups is 1. The minimum atomic E-state index is 0.540. The Kier molecular flexibility index (Phi) is 8.04. The van der Waals surface area contributed by atoms with Crippen LogP contribution in [0.4, 0.5) is 0 Å². The van der Waals surface area contributed by atoms with Crippen molar-refractivity contribution < 1.29 is 4.74 Å². The first-order valence-corrected chi connectivity index (χ1v) is 10.8. The number of aromatic nitrogens is 3. The van der Waals surface area contributed by atoms with Crippen LogP contribution in [0.1, 0.15) is 42.8 Å². The monoisotopic (exact) mass is 420 g/mol. The number of nitrogens with zero attached hydrogens (tertiary/aromatic N) is 4. The van der Waals surface area contributed by atoms with Crippen molar-refractivity contribution in [2.45, 2.75) is 47.2 Å². The van der Waals surface area contributed by atoms with Crippen molar-refractivity contribution in [1.29, 1.82) is 0 Å².